The van der Waals surface area contributed by atoms with Crippen molar-refractivity contribution in [1.29, 1.82) is 0 Å². The van der Waals surface area contributed by atoms with E-state index in [4.69, 9.17) is 10.2 Å². The number of aromatic nitrogens is 2. The number of nitrogens with one attached hydrogen (secondary N) is 1. The van der Waals surface area contributed by atoms with Crippen molar-refractivity contribution in [2.24, 2.45) is 0 Å². The molecule has 2 heterocycles. The molecule has 0 saturated heterocycles. The third kappa shape index (κ3) is 2.80. The summed E-state index contributed by atoms with van der Waals surface area (Å²) >= 11 is 0. The predicted molar refractivity (Wildman–Crippen MR) is 71.3 cm³/mol. The first-order chi connectivity index (χ1) is 8.58. The maximum absolute atomic E-state index is 5.74. The third-order valence-corrected chi connectivity index (χ3v) is 2.66. The lowest BCUT2D eigenvalue weighted by Gasteiger charge is -2.13. The Kier molecular flexibility index (Phi) is 3.50. The minimum absolute atomic E-state index is 0.0395. The Balaban J connectivity index is 2.16. The van der Waals surface area contributed by atoms with Gasteiger partial charge in [0.1, 0.15) is 29.0 Å². The largest absolute Gasteiger partial charge is 0.464 e. The summed E-state index contributed by atoms with van der Waals surface area (Å²) in [4.78, 5) is 8.52. The molecule has 0 fully saturated rings. The number of aryl methyl sites for hydroxylation is 2. The maximum Gasteiger partial charge on any atom is 0.132 e. The van der Waals surface area contributed by atoms with Crippen LogP contribution in [0.4, 0.5) is 11.6 Å². The van der Waals surface area contributed by atoms with Gasteiger partial charge in [-0.1, -0.05) is 6.92 Å². The van der Waals surface area contributed by atoms with Crippen LogP contribution in [0.5, 0.6) is 0 Å². The Hall–Kier alpha value is -2.04. The fourth-order valence-corrected chi connectivity index (χ4v) is 1.73. The van der Waals surface area contributed by atoms with Gasteiger partial charge in [-0.15, -0.1) is 0 Å². The minimum atomic E-state index is 0.0395. The van der Waals surface area contributed by atoms with Gasteiger partial charge in [-0.05, 0) is 26.0 Å². The number of anilines is 2. The van der Waals surface area contributed by atoms with Crippen molar-refractivity contribution < 1.29 is 4.42 Å². The number of furan rings is 1. The molecule has 3 N–H and O–H groups in total. The van der Waals surface area contributed by atoms with E-state index in [1.807, 2.05) is 32.9 Å². The van der Waals surface area contributed by atoms with E-state index in [0.717, 1.165) is 29.6 Å². The lowest BCUT2D eigenvalue weighted by Crippen LogP contribution is -2.09. The van der Waals surface area contributed by atoms with Crippen LogP contribution in [-0.2, 0) is 6.42 Å². The Morgan fingerprint density at radius 1 is 1.39 bits per heavy atom. The van der Waals surface area contributed by atoms with E-state index in [9.17, 15) is 0 Å². The summed E-state index contributed by atoms with van der Waals surface area (Å²) in [6.45, 7) is 5.94. The van der Waals surface area contributed by atoms with Crippen LogP contribution in [0.25, 0.3) is 0 Å². The summed E-state index contributed by atoms with van der Waals surface area (Å²) in [5.41, 5.74) is 5.74. The van der Waals surface area contributed by atoms with Gasteiger partial charge in [-0.3, -0.25) is 0 Å². The molecule has 0 radical (unpaired) electrons. The molecule has 5 heteroatoms. The maximum atomic E-state index is 5.74. The highest BCUT2D eigenvalue weighted by Crippen LogP contribution is 2.20. The first-order valence-electron chi connectivity index (χ1n) is 6.04. The van der Waals surface area contributed by atoms with Gasteiger partial charge in [0.15, 0.2) is 0 Å². The summed E-state index contributed by atoms with van der Waals surface area (Å²) in [6.07, 6.45) is 0.758. The number of rotatable bonds is 4. The van der Waals surface area contributed by atoms with E-state index in [2.05, 4.69) is 15.3 Å². The first-order valence-corrected chi connectivity index (χ1v) is 6.04. The Bertz CT molecular complexity index is 536. The van der Waals surface area contributed by atoms with Crippen LogP contribution >= 0.6 is 0 Å². The third-order valence-electron chi connectivity index (χ3n) is 2.66. The number of nitrogens with two attached hydrogens (primary N) is 1. The fourth-order valence-electron chi connectivity index (χ4n) is 1.73. The molecule has 1 unspecified atom stereocenters. The number of hydrogen-bond acceptors (Lipinski definition) is 5. The van der Waals surface area contributed by atoms with Crippen LogP contribution in [0.2, 0.25) is 0 Å². The van der Waals surface area contributed by atoms with Gasteiger partial charge in [-0.2, -0.15) is 0 Å². The van der Waals surface area contributed by atoms with E-state index < -0.39 is 0 Å². The van der Waals surface area contributed by atoms with Crippen LogP contribution in [0.15, 0.2) is 22.6 Å². The molecule has 1 atom stereocenters. The smallest absolute Gasteiger partial charge is 0.132 e. The monoisotopic (exact) mass is 246 g/mol. The molecule has 0 aliphatic heterocycles. The highest BCUT2D eigenvalue weighted by molar-refractivity contribution is 5.45. The Labute approximate surface area is 106 Å². The van der Waals surface area contributed by atoms with Crippen molar-refractivity contribution in [3.63, 3.8) is 0 Å². The van der Waals surface area contributed by atoms with Crippen LogP contribution < -0.4 is 11.1 Å². The van der Waals surface area contributed by atoms with Gasteiger partial charge >= 0.3 is 0 Å². The second-order valence-electron chi connectivity index (χ2n) is 4.26. The molecule has 0 bridgehead atoms. The van der Waals surface area contributed by atoms with E-state index in [1.165, 1.54) is 0 Å². The molecule has 0 amide bonds. The van der Waals surface area contributed by atoms with Gasteiger partial charge in [0.05, 0.1) is 6.04 Å². The zero-order valence-corrected chi connectivity index (χ0v) is 10.9. The SMILES string of the molecule is CCc1nc(N)cc(NC(C)c2ccc(C)o2)n1. The predicted octanol–water partition coefficient (Wildman–Crippen LogP) is 2.70. The normalized spacial score (nSPS) is 12.4. The second kappa shape index (κ2) is 5.08. The molecule has 18 heavy (non-hydrogen) atoms. The summed E-state index contributed by atoms with van der Waals surface area (Å²) < 4.78 is 5.57. The van der Waals surface area contributed by atoms with Crippen molar-refractivity contribution in [1.82, 2.24) is 9.97 Å². The van der Waals surface area contributed by atoms with Crippen LogP contribution in [0, 0.1) is 6.92 Å². The molecule has 5 nitrogen and oxygen atoms in total. The highest BCUT2D eigenvalue weighted by atomic mass is 16.3. The average molecular weight is 246 g/mol. The topological polar surface area (TPSA) is 77.0 Å². The second-order valence-corrected chi connectivity index (χ2v) is 4.26. The van der Waals surface area contributed by atoms with E-state index in [-0.39, 0.29) is 6.04 Å². The lowest BCUT2D eigenvalue weighted by molar-refractivity contribution is 0.466. The molecule has 2 aromatic heterocycles. The van der Waals surface area contributed by atoms with Crippen LogP contribution in [0.3, 0.4) is 0 Å². The van der Waals surface area contributed by atoms with E-state index in [0.29, 0.717) is 5.82 Å². The van der Waals surface area contributed by atoms with Crippen molar-refractivity contribution in [2.45, 2.75) is 33.2 Å². The van der Waals surface area contributed by atoms with Gasteiger partial charge in [0.2, 0.25) is 0 Å². The molecule has 0 aromatic carbocycles. The zero-order valence-electron chi connectivity index (χ0n) is 10.9. The lowest BCUT2D eigenvalue weighted by atomic mass is 10.2. The number of nitrogens with zero attached hydrogens (tertiary/aromatic N) is 2. The van der Waals surface area contributed by atoms with Crippen LogP contribution in [-0.4, -0.2) is 9.97 Å². The summed E-state index contributed by atoms with van der Waals surface area (Å²) in [5, 5.41) is 3.26. The van der Waals surface area contributed by atoms with Crippen LogP contribution in [0.1, 0.15) is 37.2 Å². The minimum Gasteiger partial charge on any atom is -0.464 e. The quantitative estimate of drug-likeness (QED) is 0.867. The van der Waals surface area contributed by atoms with E-state index in [1.54, 1.807) is 6.07 Å². The number of hydrogen-bond donors (Lipinski definition) is 2. The summed E-state index contributed by atoms with van der Waals surface area (Å²) in [5.74, 6) is 3.71. The molecule has 2 rings (SSSR count). The zero-order chi connectivity index (χ0) is 13.1. The molecular weight excluding hydrogens is 228 g/mol. The van der Waals surface area contributed by atoms with E-state index >= 15 is 0 Å². The molecule has 0 aliphatic rings. The highest BCUT2D eigenvalue weighted by Gasteiger charge is 2.11. The van der Waals surface area contributed by atoms with Gasteiger partial charge in [0.25, 0.3) is 0 Å². The molecule has 96 valence electrons. The Morgan fingerprint density at radius 2 is 2.17 bits per heavy atom. The van der Waals surface area contributed by atoms with Crippen molar-refractivity contribution >= 4 is 11.6 Å². The Morgan fingerprint density at radius 3 is 2.78 bits per heavy atom. The van der Waals surface area contributed by atoms with Crippen molar-refractivity contribution in [3.05, 3.63) is 35.5 Å². The molecule has 0 aliphatic carbocycles. The molecular formula is C13H18N4O. The molecule has 0 spiro atoms. The van der Waals surface area contributed by atoms with Gasteiger partial charge < -0.3 is 15.5 Å². The van der Waals surface area contributed by atoms with Crippen molar-refractivity contribution in [2.75, 3.05) is 11.1 Å². The standard InChI is InChI=1S/C13H18N4O/c1-4-12-16-11(14)7-13(17-12)15-9(3)10-6-5-8(2)18-10/h5-7,9H,4H2,1-3H3,(H3,14,15,16,17). The summed E-state index contributed by atoms with van der Waals surface area (Å²) in [6, 6.07) is 5.67. The average Bonchev–Trinajstić information content (AvgIpc) is 2.75. The number of nitrogen functional groups attached to an aromatic ring is 1. The first kappa shape index (κ1) is 12.4. The molecule has 0 saturated carbocycles. The van der Waals surface area contributed by atoms with Gasteiger partial charge in [0, 0.05) is 12.5 Å². The van der Waals surface area contributed by atoms with Crippen molar-refractivity contribution in [3.8, 4) is 0 Å². The fraction of sp³-hybridized carbons (Fsp3) is 0.385. The summed E-state index contributed by atoms with van der Waals surface area (Å²) in [7, 11) is 0. The van der Waals surface area contributed by atoms with Gasteiger partial charge in [-0.25, -0.2) is 9.97 Å². The molecule has 2 aromatic rings.